The average molecular weight is 391 g/mol. The number of imidazole rings is 1. The molecule has 0 spiro atoms. The van der Waals surface area contributed by atoms with Gasteiger partial charge in [0.05, 0.1) is 5.69 Å². The monoisotopic (exact) mass is 391 g/mol. The number of ether oxygens (including phenoxy) is 1. The van der Waals surface area contributed by atoms with Crippen molar-refractivity contribution in [1.82, 2.24) is 9.38 Å². The number of nitrogens with one attached hydrogen (secondary N) is 1. The minimum atomic E-state index is -4.75. The van der Waals surface area contributed by atoms with Gasteiger partial charge in [-0.2, -0.15) is 0 Å². The number of alkyl halides is 3. The zero-order chi connectivity index (χ0) is 20.5. The number of carbonyl (C=O) groups is 1. The summed E-state index contributed by atoms with van der Waals surface area (Å²) in [5.41, 5.74) is 1.59. The molecule has 8 heteroatoms. The van der Waals surface area contributed by atoms with Crippen molar-refractivity contribution in [2.75, 3.05) is 5.32 Å². The average Bonchev–Trinajstić information content (AvgIpc) is 2.90. The molecule has 3 aromatic rings. The molecule has 2 heterocycles. The van der Waals surface area contributed by atoms with Crippen molar-refractivity contribution in [2.24, 2.45) is 5.41 Å². The number of fused-ring (bicyclic) bond motifs is 1. The lowest BCUT2D eigenvalue weighted by molar-refractivity contribution is -0.274. The van der Waals surface area contributed by atoms with Gasteiger partial charge < -0.3 is 10.1 Å². The second-order valence-corrected chi connectivity index (χ2v) is 7.60. The lowest BCUT2D eigenvalue weighted by atomic mass is 9.92. The van der Waals surface area contributed by atoms with Crippen molar-refractivity contribution in [3.05, 3.63) is 48.7 Å². The van der Waals surface area contributed by atoms with Crippen LogP contribution in [0.5, 0.6) is 5.75 Å². The number of hydrogen-bond donors (Lipinski definition) is 1. The topological polar surface area (TPSA) is 55.6 Å². The van der Waals surface area contributed by atoms with Crippen LogP contribution in [0.1, 0.15) is 27.2 Å². The summed E-state index contributed by atoms with van der Waals surface area (Å²) in [6.07, 6.45) is -2.67. The standard InChI is InChI=1S/C20H20F3N3O2/c1-19(2,3)12-16(27)25-18-17(26-11-5-4-6-15(26)24-18)13-7-9-14(10-8-13)28-20(21,22)23/h4-11H,12H2,1-3H3,(H,25,27). The highest BCUT2D eigenvalue weighted by Crippen LogP contribution is 2.32. The SMILES string of the molecule is CC(C)(C)CC(=O)Nc1nc2ccccn2c1-c1ccc(OC(F)(F)F)cc1. The van der Waals surface area contributed by atoms with E-state index >= 15 is 0 Å². The molecule has 0 fully saturated rings. The van der Waals surface area contributed by atoms with Crippen LogP contribution < -0.4 is 10.1 Å². The van der Waals surface area contributed by atoms with Gasteiger partial charge in [0.25, 0.3) is 0 Å². The number of benzene rings is 1. The van der Waals surface area contributed by atoms with Gasteiger partial charge in [0.1, 0.15) is 11.4 Å². The van der Waals surface area contributed by atoms with E-state index in [9.17, 15) is 18.0 Å². The Labute approximate surface area is 160 Å². The fourth-order valence-electron chi connectivity index (χ4n) is 2.83. The predicted octanol–water partition coefficient (Wildman–Crippen LogP) is 5.27. The van der Waals surface area contributed by atoms with Crippen LogP contribution >= 0.6 is 0 Å². The van der Waals surface area contributed by atoms with Crippen LogP contribution in [0.15, 0.2) is 48.7 Å². The Bertz CT molecular complexity index is 987. The molecule has 1 aromatic carbocycles. The van der Waals surface area contributed by atoms with E-state index in [2.05, 4.69) is 15.0 Å². The molecule has 1 N–H and O–H groups in total. The minimum Gasteiger partial charge on any atom is -0.406 e. The first-order valence-corrected chi connectivity index (χ1v) is 8.65. The zero-order valence-corrected chi connectivity index (χ0v) is 15.7. The molecular weight excluding hydrogens is 371 g/mol. The first-order valence-electron chi connectivity index (χ1n) is 8.65. The van der Waals surface area contributed by atoms with Crippen molar-refractivity contribution in [3.8, 4) is 17.0 Å². The maximum atomic E-state index is 12.4. The molecule has 0 aliphatic carbocycles. The number of amides is 1. The third-order valence-electron chi connectivity index (χ3n) is 3.84. The fraction of sp³-hybridized carbons (Fsp3) is 0.300. The van der Waals surface area contributed by atoms with Gasteiger partial charge in [-0.1, -0.05) is 26.8 Å². The Morgan fingerprint density at radius 2 is 1.79 bits per heavy atom. The Balaban J connectivity index is 1.98. The minimum absolute atomic E-state index is 0.186. The van der Waals surface area contributed by atoms with Gasteiger partial charge in [0.2, 0.25) is 5.91 Å². The molecule has 28 heavy (non-hydrogen) atoms. The highest BCUT2D eigenvalue weighted by molar-refractivity contribution is 5.94. The van der Waals surface area contributed by atoms with Crippen molar-refractivity contribution in [2.45, 2.75) is 33.6 Å². The highest BCUT2D eigenvalue weighted by Gasteiger charge is 2.31. The molecule has 148 valence electrons. The van der Waals surface area contributed by atoms with Crippen molar-refractivity contribution in [3.63, 3.8) is 0 Å². The number of aromatic nitrogens is 2. The summed E-state index contributed by atoms with van der Waals surface area (Å²) in [6, 6.07) is 10.9. The van der Waals surface area contributed by atoms with Gasteiger partial charge in [-0.15, -0.1) is 13.2 Å². The Kier molecular flexibility index (Phi) is 5.06. The first-order chi connectivity index (χ1) is 13.0. The molecule has 3 rings (SSSR count). The van der Waals surface area contributed by atoms with E-state index in [1.807, 2.05) is 26.8 Å². The highest BCUT2D eigenvalue weighted by atomic mass is 19.4. The van der Waals surface area contributed by atoms with Gasteiger partial charge >= 0.3 is 6.36 Å². The lowest BCUT2D eigenvalue weighted by Crippen LogP contribution is -2.20. The van der Waals surface area contributed by atoms with E-state index in [4.69, 9.17) is 0 Å². The van der Waals surface area contributed by atoms with Crippen LogP contribution in [0, 0.1) is 5.41 Å². The van der Waals surface area contributed by atoms with Crippen molar-refractivity contribution < 1.29 is 22.7 Å². The second kappa shape index (κ2) is 7.18. The van der Waals surface area contributed by atoms with E-state index in [1.54, 1.807) is 22.7 Å². The van der Waals surface area contributed by atoms with Gasteiger partial charge in [0.15, 0.2) is 5.82 Å². The molecule has 0 saturated carbocycles. The Morgan fingerprint density at radius 1 is 1.11 bits per heavy atom. The third-order valence-corrected chi connectivity index (χ3v) is 3.84. The van der Waals surface area contributed by atoms with Crippen LogP contribution in [0.3, 0.4) is 0 Å². The Hall–Kier alpha value is -3.03. The summed E-state index contributed by atoms with van der Waals surface area (Å²) in [5.74, 6) is -0.150. The molecule has 0 aliphatic rings. The molecular formula is C20H20F3N3O2. The predicted molar refractivity (Wildman–Crippen MR) is 100 cm³/mol. The summed E-state index contributed by atoms with van der Waals surface area (Å²) in [4.78, 5) is 16.9. The van der Waals surface area contributed by atoms with Gasteiger partial charge in [-0.05, 0) is 41.8 Å². The molecule has 0 aliphatic heterocycles. The molecule has 2 aromatic heterocycles. The number of anilines is 1. The number of rotatable bonds is 4. The van der Waals surface area contributed by atoms with E-state index in [0.717, 1.165) is 0 Å². The summed E-state index contributed by atoms with van der Waals surface area (Å²) >= 11 is 0. The van der Waals surface area contributed by atoms with Gasteiger partial charge in [0, 0.05) is 18.2 Å². The summed E-state index contributed by atoms with van der Waals surface area (Å²) < 4.78 is 42.8. The number of pyridine rings is 1. The molecule has 1 amide bonds. The molecule has 0 radical (unpaired) electrons. The molecule has 5 nitrogen and oxygen atoms in total. The van der Waals surface area contributed by atoms with Gasteiger partial charge in [-0.3, -0.25) is 9.20 Å². The summed E-state index contributed by atoms with van der Waals surface area (Å²) in [5, 5.41) is 2.83. The lowest BCUT2D eigenvalue weighted by Gasteiger charge is -2.17. The number of nitrogens with zero attached hydrogens (tertiary/aromatic N) is 2. The van der Waals surface area contributed by atoms with Crippen LogP contribution in [0.4, 0.5) is 19.0 Å². The maximum absolute atomic E-state index is 12.4. The third kappa shape index (κ3) is 4.82. The zero-order valence-electron chi connectivity index (χ0n) is 15.7. The maximum Gasteiger partial charge on any atom is 0.573 e. The summed E-state index contributed by atoms with van der Waals surface area (Å²) in [6.45, 7) is 5.86. The Morgan fingerprint density at radius 3 is 2.39 bits per heavy atom. The number of carbonyl (C=O) groups excluding carboxylic acids is 1. The smallest absolute Gasteiger partial charge is 0.406 e. The first kappa shape index (κ1) is 19.7. The van der Waals surface area contributed by atoms with Gasteiger partial charge in [-0.25, -0.2) is 4.98 Å². The van der Waals surface area contributed by atoms with Crippen molar-refractivity contribution >= 4 is 17.4 Å². The molecule has 0 atom stereocenters. The van der Waals surface area contributed by atoms with Crippen LogP contribution in [-0.4, -0.2) is 21.7 Å². The van der Waals surface area contributed by atoms with E-state index < -0.39 is 6.36 Å². The van der Waals surface area contributed by atoms with Crippen LogP contribution in [0.2, 0.25) is 0 Å². The van der Waals surface area contributed by atoms with E-state index in [1.165, 1.54) is 24.3 Å². The van der Waals surface area contributed by atoms with Crippen LogP contribution in [-0.2, 0) is 4.79 Å². The summed E-state index contributed by atoms with van der Waals surface area (Å²) in [7, 11) is 0. The molecule has 0 saturated heterocycles. The van der Waals surface area contributed by atoms with E-state index in [0.29, 0.717) is 29.1 Å². The second-order valence-electron chi connectivity index (χ2n) is 7.60. The number of halogens is 3. The molecule has 0 unspecified atom stereocenters. The van der Waals surface area contributed by atoms with Crippen LogP contribution in [0.25, 0.3) is 16.9 Å². The van der Waals surface area contributed by atoms with Crippen molar-refractivity contribution in [1.29, 1.82) is 0 Å². The quantitative estimate of drug-likeness (QED) is 0.659. The fourth-order valence-corrected chi connectivity index (χ4v) is 2.83. The largest absolute Gasteiger partial charge is 0.573 e. The number of hydrogen-bond acceptors (Lipinski definition) is 3. The molecule has 0 bridgehead atoms. The normalized spacial score (nSPS) is 12.2. The van der Waals surface area contributed by atoms with E-state index in [-0.39, 0.29) is 17.1 Å².